The molecule has 1 N–H and O–H groups in total. The van der Waals surface area contributed by atoms with Crippen molar-refractivity contribution in [3.05, 3.63) is 23.5 Å². The molecule has 62 valence electrons. The van der Waals surface area contributed by atoms with Crippen molar-refractivity contribution in [3.63, 3.8) is 0 Å². The second kappa shape index (κ2) is 2.93. The molecule has 0 atom stereocenters. The predicted octanol–water partition coefficient (Wildman–Crippen LogP) is 1.79. The van der Waals surface area contributed by atoms with Gasteiger partial charge in [0.2, 0.25) is 0 Å². The molecule has 3 heteroatoms. The molecule has 0 bridgehead atoms. The van der Waals surface area contributed by atoms with Crippen LogP contribution in [-0.4, -0.2) is 16.0 Å². The lowest BCUT2D eigenvalue weighted by Crippen LogP contribution is -2.00. The lowest BCUT2D eigenvalue weighted by molar-refractivity contribution is 0.0980. The van der Waals surface area contributed by atoms with E-state index in [9.17, 15) is 4.79 Å². The minimum Gasteiger partial charge on any atom is -0.294 e. The molecule has 1 aliphatic rings. The van der Waals surface area contributed by atoms with E-state index in [2.05, 4.69) is 16.3 Å². The quantitative estimate of drug-likeness (QED) is 0.632. The van der Waals surface area contributed by atoms with Crippen molar-refractivity contribution in [3.8, 4) is 0 Å². The number of aromatic nitrogens is 2. The highest BCUT2D eigenvalue weighted by molar-refractivity contribution is 5.98. The molecule has 1 aromatic rings. The second-order valence-electron chi connectivity index (χ2n) is 2.92. The summed E-state index contributed by atoms with van der Waals surface area (Å²) in [6, 6.07) is 0. The van der Waals surface area contributed by atoms with Crippen LogP contribution < -0.4 is 0 Å². The summed E-state index contributed by atoms with van der Waals surface area (Å²) in [5.74, 6) is 0.197. The van der Waals surface area contributed by atoms with Gasteiger partial charge in [-0.15, -0.1) is 0 Å². The maximum atomic E-state index is 11.4. The number of carbonyl (C=O) groups is 1. The van der Waals surface area contributed by atoms with Crippen LogP contribution in [0.5, 0.6) is 0 Å². The number of allylic oxidation sites excluding steroid dienone is 1. The second-order valence-corrected chi connectivity index (χ2v) is 2.92. The number of Topliss-reactive ketones (excluding diaryl/α,β-unsaturated/α-hetero) is 1. The molecule has 0 fully saturated rings. The van der Waals surface area contributed by atoms with Gasteiger partial charge in [-0.05, 0) is 18.9 Å². The van der Waals surface area contributed by atoms with Crippen molar-refractivity contribution < 1.29 is 4.79 Å². The highest BCUT2D eigenvalue weighted by atomic mass is 16.1. The van der Waals surface area contributed by atoms with Gasteiger partial charge in [-0.25, -0.2) is 0 Å². The number of hydrogen-bond acceptors (Lipinski definition) is 2. The van der Waals surface area contributed by atoms with Gasteiger partial charge in [0.1, 0.15) is 0 Å². The number of carbonyl (C=O) groups excluding carboxylic acids is 1. The molecule has 1 aromatic heterocycles. The van der Waals surface area contributed by atoms with Gasteiger partial charge < -0.3 is 0 Å². The average Bonchev–Trinajstić information content (AvgIpc) is 2.47. The van der Waals surface area contributed by atoms with Crippen molar-refractivity contribution in [2.45, 2.75) is 19.3 Å². The summed E-state index contributed by atoms with van der Waals surface area (Å²) in [5.41, 5.74) is 1.57. The van der Waals surface area contributed by atoms with Crippen molar-refractivity contribution in [2.75, 3.05) is 0 Å². The van der Waals surface area contributed by atoms with E-state index in [4.69, 9.17) is 0 Å². The molecular formula is C9H10N2O. The van der Waals surface area contributed by atoms with Crippen molar-refractivity contribution in [1.82, 2.24) is 10.2 Å². The molecule has 12 heavy (non-hydrogen) atoms. The van der Waals surface area contributed by atoms with Crippen molar-refractivity contribution in [1.29, 1.82) is 0 Å². The number of aromatic amines is 1. The third-order valence-corrected chi connectivity index (χ3v) is 2.03. The van der Waals surface area contributed by atoms with Gasteiger partial charge in [-0.2, -0.15) is 5.10 Å². The molecule has 0 unspecified atom stereocenters. The van der Waals surface area contributed by atoms with Crippen molar-refractivity contribution >= 4 is 11.9 Å². The molecule has 3 nitrogen and oxygen atoms in total. The summed E-state index contributed by atoms with van der Waals surface area (Å²) < 4.78 is 0. The zero-order valence-corrected chi connectivity index (χ0v) is 6.71. The summed E-state index contributed by atoms with van der Waals surface area (Å²) in [6.07, 6.45) is 8.16. The van der Waals surface area contributed by atoms with Gasteiger partial charge in [-0.1, -0.05) is 6.08 Å². The molecule has 0 amide bonds. The number of hydrogen-bond donors (Lipinski definition) is 1. The van der Waals surface area contributed by atoms with E-state index in [1.54, 1.807) is 6.20 Å². The molecule has 2 rings (SSSR count). The highest BCUT2D eigenvalue weighted by Gasteiger charge is 2.12. The van der Waals surface area contributed by atoms with Crippen LogP contribution in [0.2, 0.25) is 0 Å². The Kier molecular flexibility index (Phi) is 1.78. The van der Waals surface area contributed by atoms with Crippen LogP contribution in [0.4, 0.5) is 0 Å². The monoisotopic (exact) mass is 162 g/mol. The maximum Gasteiger partial charge on any atom is 0.166 e. The topological polar surface area (TPSA) is 45.8 Å². The zero-order valence-electron chi connectivity index (χ0n) is 6.71. The first-order valence-electron chi connectivity index (χ1n) is 4.11. The van der Waals surface area contributed by atoms with Crippen LogP contribution in [0.15, 0.2) is 12.3 Å². The summed E-state index contributed by atoms with van der Waals surface area (Å²) >= 11 is 0. The molecular weight excluding hydrogens is 152 g/mol. The SMILES string of the molecule is O=C1CCC/C=C\c2[nH]ncc21. The number of nitrogens with zero attached hydrogens (tertiary/aromatic N) is 1. The predicted molar refractivity (Wildman–Crippen MR) is 45.8 cm³/mol. The number of fused-ring (bicyclic) bond motifs is 1. The lowest BCUT2D eigenvalue weighted by atomic mass is 10.0. The first kappa shape index (κ1) is 7.28. The fourth-order valence-corrected chi connectivity index (χ4v) is 1.36. The zero-order chi connectivity index (χ0) is 8.39. The van der Waals surface area contributed by atoms with Gasteiger partial charge in [0.15, 0.2) is 5.78 Å². The third kappa shape index (κ3) is 1.18. The fraction of sp³-hybridized carbons (Fsp3) is 0.333. The van der Waals surface area contributed by atoms with Gasteiger partial charge in [0, 0.05) is 6.42 Å². The summed E-state index contributed by atoms with van der Waals surface area (Å²) in [4.78, 5) is 11.4. The molecule has 0 radical (unpaired) electrons. The van der Waals surface area contributed by atoms with Crippen LogP contribution in [0.25, 0.3) is 6.08 Å². The lowest BCUT2D eigenvalue weighted by Gasteiger charge is -2.01. The Morgan fingerprint density at radius 2 is 2.42 bits per heavy atom. The van der Waals surface area contributed by atoms with Crippen LogP contribution in [0.3, 0.4) is 0 Å². The molecule has 1 aliphatic carbocycles. The Labute approximate surface area is 70.5 Å². The third-order valence-electron chi connectivity index (χ3n) is 2.03. The minimum absolute atomic E-state index is 0.197. The smallest absolute Gasteiger partial charge is 0.166 e. The van der Waals surface area contributed by atoms with E-state index in [0.717, 1.165) is 24.1 Å². The van der Waals surface area contributed by atoms with E-state index >= 15 is 0 Å². The minimum atomic E-state index is 0.197. The fourth-order valence-electron chi connectivity index (χ4n) is 1.36. The van der Waals surface area contributed by atoms with Gasteiger partial charge in [-0.3, -0.25) is 9.89 Å². The summed E-state index contributed by atoms with van der Waals surface area (Å²) in [5, 5.41) is 6.64. The number of rotatable bonds is 0. The van der Waals surface area contributed by atoms with Crippen LogP contribution in [-0.2, 0) is 0 Å². The van der Waals surface area contributed by atoms with E-state index in [0.29, 0.717) is 6.42 Å². The largest absolute Gasteiger partial charge is 0.294 e. The Bertz CT molecular complexity index is 325. The first-order chi connectivity index (χ1) is 5.88. The van der Waals surface area contributed by atoms with Gasteiger partial charge in [0.25, 0.3) is 0 Å². The van der Waals surface area contributed by atoms with E-state index in [1.165, 1.54) is 0 Å². The number of H-pyrrole nitrogens is 1. The van der Waals surface area contributed by atoms with Gasteiger partial charge in [0.05, 0.1) is 17.5 Å². The molecule has 0 saturated carbocycles. The highest BCUT2D eigenvalue weighted by Crippen LogP contribution is 2.15. The van der Waals surface area contributed by atoms with E-state index in [1.807, 2.05) is 6.08 Å². The van der Waals surface area contributed by atoms with Crippen LogP contribution in [0, 0.1) is 0 Å². The van der Waals surface area contributed by atoms with Crippen LogP contribution in [0.1, 0.15) is 35.3 Å². The van der Waals surface area contributed by atoms with Crippen molar-refractivity contribution in [2.24, 2.45) is 0 Å². The molecule has 0 spiro atoms. The molecule has 0 aromatic carbocycles. The normalized spacial score (nSPS) is 19.5. The van der Waals surface area contributed by atoms with E-state index in [-0.39, 0.29) is 5.78 Å². The molecule has 0 saturated heterocycles. The first-order valence-corrected chi connectivity index (χ1v) is 4.11. The Balaban J connectivity index is 2.44. The van der Waals surface area contributed by atoms with Crippen LogP contribution >= 0.6 is 0 Å². The summed E-state index contributed by atoms with van der Waals surface area (Å²) in [7, 11) is 0. The van der Waals surface area contributed by atoms with E-state index < -0.39 is 0 Å². The number of nitrogens with one attached hydrogen (secondary N) is 1. The maximum absolute atomic E-state index is 11.4. The average molecular weight is 162 g/mol. The Morgan fingerprint density at radius 3 is 3.33 bits per heavy atom. The standard InChI is InChI=1S/C9H10N2O/c12-9-5-3-1-2-4-8-7(9)6-10-11-8/h2,4,6H,1,3,5H2,(H,10,11)/b4-2-. The van der Waals surface area contributed by atoms with Gasteiger partial charge >= 0.3 is 0 Å². The molecule has 1 heterocycles. The molecule has 0 aliphatic heterocycles. The number of ketones is 1. The summed E-state index contributed by atoms with van der Waals surface area (Å²) in [6.45, 7) is 0. The Morgan fingerprint density at radius 1 is 1.50 bits per heavy atom. The Hall–Kier alpha value is -1.38.